The first-order chi connectivity index (χ1) is 10.8. The maximum atomic E-state index is 13.8. The van der Waals surface area contributed by atoms with Gasteiger partial charge < -0.3 is 4.42 Å². The highest BCUT2D eigenvalue weighted by atomic mass is 79.9. The van der Waals surface area contributed by atoms with Gasteiger partial charge in [0, 0.05) is 22.5 Å². The van der Waals surface area contributed by atoms with Gasteiger partial charge in [-0.1, -0.05) is 11.6 Å². The number of furan rings is 1. The summed E-state index contributed by atoms with van der Waals surface area (Å²) in [4.78, 5) is -0.202. The van der Waals surface area contributed by atoms with E-state index in [1.807, 2.05) is 4.72 Å². The van der Waals surface area contributed by atoms with Gasteiger partial charge in [0.1, 0.15) is 28.4 Å². The molecule has 4 nitrogen and oxygen atoms in total. The summed E-state index contributed by atoms with van der Waals surface area (Å²) in [6.45, 7) is 0. The Morgan fingerprint density at radius 3 is 2.61 bits per heavy atom. The van der Waals surface area contributed by atoms with Gasteiger partial charge in [0.25, 0.3) is 10.0 Å². The fourth-order valence-electron chi connectivity index (χ4n) is 1.99. The number of nitrogens with one attached hydrogen (secondary N) is 1. The average Bonchev–Trinajstić information content (AvgIpc) is 2.88. The van der Waals surface area contributed by atoms with Crippen LogP contribution in [0.15, 0.2) is 50.4 Å². The van der Waals surface area contributed by atoms with E-state index in [-0.39, 0.29) is 20.3 Å². The molecule has 0 saturated heterocycles. The Bertz CT molecular complexity index is 1020. The van der Waals surface area contributed by atoms with Crippen LogP contribution >= 0.6 is 27.5 Å². The largest absolute Gasteiger partial charge is 0.463 e. The van der Waals surface area contributed by atoms with Crippen LogP contribution in [0.4, 0.5) is 14.5 Å². The van der Waals surface area contributed by atoms with E-state index in [2.05, 4.69) is 15.9 Å². The van der Waals surface area contributed by atoms with Crippen LogP contribution in [0.2, 0.25) is 5.02 Å². The average molecular weight is 423 g/mol. The van der Waals surface area contributed by atoms with Crippen molar-refractivity contribution in [2.24, 2.45) is 0 Å². The molecule has 0 aliphatic carbocycles. The summed E-state index contributed by atoms with van der Waals surface area (Å²) in [7, 11) is -4.17. The Labute approximate surface area is 143 Å². The van der Waals surface area contributed by atoms with Gasteiger partial charge in [0.05, 0.1) is 10.2 Å². The van der Waals surface area contributed by atoms with Crippen molar-refractivity contribution in [1.82, 2.24) is 0 Å². The van der Waals surface area contributed by atoms with Crippen molar-refractivity contribution in [3.8, 4) is 0 Å². The minimum atomic E-state index is -4.17. The van der Waals surface area contributed by atoms with Gasteiger partial charge in [0.15, 0.2) is 0 Å². The van der Waals surface area contributed by atoms with Crippen molar-refractivity contribution >= 4 is 54.2 Å². The fraction of sp³-hybridized carbons (Fsp3) is 0. The second kappa shape index (κ2) is 5.77. The Morgan fingerprint density at radius 2 is 1.87 bits per heavy atom. The van der Waals surface area contributed by atoms with Crippen molar-refractivity contribution in [1.29, 1.82) is 0 Å². The molecule has 0 amide bonds. The number of fused-ring (bicyclic) bond motifs is 1. The molecule has 23 heavy (non-hydrogen) atoms. The topological polar surface area (TPSA) is 59.3 Å². The third-order valence-electron chi connectivity index (χ3n) is 3.05. The molecule has 120 valence electrons. The van der Waals surface area contributed by atoms with Gasteiger partial charge in [-0.25, -0.2) is 17.2 Å². The molecule has 0 atom stereocenters. The van der Waals surface area contributed by atoms with Crippen LogP contribution in [0.25, 0.3) is 11.0 Å². The Hall–Kier alpha value is -1.64. The van der Waals surface area contributed by atoms with E-state index < -0.39 is 27.3 Å². The summed E-state index contributed by atoms with van der Waals surface area (Å²) in [5, 5.41) is 0.657. The van der Waals surface area contributed by atoms with Gasteiger partial charge in [-0.3, -0.25) is 4.72 Å². The van der Waals surface area contributed by atoms with Crippen LogP contribution in [0, 0.1) is 11.6 Å². The zero-order valence-corrected chi connectivity index (χ0v) is 14.3. The molecule has 1 aromatic heterocycles. The van der Waals surface area contributed by atoms with Crippen molar-refractivity contribution in [3.63, 3.8) is 0 Å². The van der Waals surface area contributed by atoms with Gasteiger partial charge >= 0.3 is 0 Å². The van der Waals surface area contributed by atoms with Gasteiger partial charge in [-0.05, 0) is 34.1 Å². The molecule has 0 aliphatic heterocycles. The summed E-state index contributed by atoms with van der Waals surface area (Å²) in [5.74, 6) is -1.72. The van der Waals surface area contributed by atoms with E-state index in [0.717, 1.165) is 18.4 Å². The smallest absolute Gasteiger partial charge is 0.265 e. The first-order valence-corrected chi connectivity index (χ1v) is 8.77. The molecule has 9 heteroatoms. The van der Waals surface area contributed by atoms with E-state index in [0.29, 0.717) is 5.02 Å². The third kappa shape index (κ3) is 3.06. The summed E-state index contributed by atoms with van der Waals surface area (Å²) in [5.41, 5.74) is -0.241. The lowest BCUT2D eigenvalue weighted by atomic mass is 10.3. The zero-order valence-electron chi connectivity index (χ0n) is 11.1. The Morgan fingerprint density at radius 1 is 1.13 bits per heavy atom. The van der Waals surface area contributed by atoms with E-state index in [1.54, 1.807) is 0 Å². The Kier molecular flexibility index (Phi) is 4.07. The minimum absolute atomic E-state index is 0.110. The van der Waals surface area contributed by atoms with Crippen LogP contribution in [-0.4, -0.2) is 8.42 Å². The molecule has 0 aliphatic rings. The molecule has 1 N–H and O–H groups in total. The van der Waals surface area contributed by atoms with Crippen molar-refractivity contribution < 1.29 is 21.6 Å². The molecule has 0 unspecified atom stereocenters. The summed E-state index contributed by atoms with van der Waals surface area (Å²) in [6, 6.07) is 6.00. The molecule has 2 aromatic carbocycles. The molecule has 0 spiro atoms. The van der Waals surface area contributed by atoms with Crippen molar-refractivity contribution in [3.05, 3.63) is 57.7 Å². The highest BCUT2D eigenvalue weighted by molar-refractivity contribution is 9.10. The lowest BCUT2D eigenvalue weighted by Gasteiger charge is -2.08. The molecule has 1 heterocycles. The van der Waals surface area contributed by atoms with E-state index in [1.165, 1.54) is 18.2 Å². The summed E-state index contributed by atoms with van der Waals surface area (Å²) in [6.07, 6.45) is 1.01. The molecule has 0 fully saturated rings. The lowest BCUT2D eigenvalue weighted by molar-refractivity contribution is 0.584. The summed E-state index contributed by atoms with van der Waals surface area (Å²) < 4.78 is 59.2. The standard InChI is InChI=1S/C14H7BrClF2NO3S/c15-9-4-11(18)12(5-10(9)17)19-23(20,21)14-6-22-13-3-7(16)1-2-8(13)14/h1-6,19H. The maximum Gasteiger partial charge on any atom is 0.265 e. The second-order valence-electron chi connectivity index (χ2n) is 4.59. The number of hydrogen-bond donors (Lipinski definition) is 1. The normalized spacial score (nSPS) is 11.8. The predicted molar refractivity (Wildman–Crippen MR) is 86.1 cm³/mol. The molecular weight excluding hydrogens is 416 g/mol. The van der Waals surface area contributed by atoms with E-state index >= 15 is 0 Å². The highest BCUT2D eigenvalue weighted by Crippen LogP contribution is 2.30. The van der Waals surface area contributed by atoms with Crippen molar-refractivity contribution in [2.45, 2.75) is 4.90 Å². The molecule has 0 saturated carbocycles. The predicted octanol–water partition coefficient (Wildman–Crippen LogP) is 4.93. The van der Waals surface area contributed by atoms with E-state index in [9.17, 15) is 17.2 Å². The monoisotopic (exact) mass is 421 g/mol. The number of anilines is 1. The maximum absolute atomic E-state index is 13.8. The zero-order chi connectivity index (χ0) is 16.8. The Balaban J connectivity index is 2.06. The van der Waals surface area contributed by atoms with Gasteiger partial charge in [0.2, 0.25) is 0 Å². The second-order valence-corrected chi connectivity index (χ2v) is 7.53. The first-order valence-electron chi connectivity index (χ1n) is 6.12. The third-order valence-corrected chi connectivity index (χ3v) is 5.27. The van der Waals surface area contributed by atoms with Crippen LogP contribution in [0.1, 0.15) is 0 Å². The lowest BCUT2D eigenvalue weighted by Crippen LogP contribution is -2.14. The fourth-order valence-corrected chi connectivity index (χ4v) is 3.65. The molecular formula is C14H7BrClF2NO3S. The number of sulfonamides is 1. The molecule has 0 bridgehead atoms. The minimum Gasteiger partial charge on any atom is -0.463 e. The van der Waals surface area contributed by atoms with Crippen LogP contribution in [-0.2, 0) is 10.0 Å². The molecule has 3 aromatic rings. The number of rotatable bonds is 3. The summed E-state index contributed by atoms with van der Waals surface area (Å²) >= 11 is 8.62. The SMILES string of the molecule is O=S(=O)(Nc1cc(F)c(Br)cc1F)c1coc2cc(Cl)ccc12. The van der Waals surface area contributed by atoms with E-state index in [4.69, 9.17) is 16.0 Å². The highest BCUT2D eigenvalue weighted by Gasteiger charge is 2.22. The van der Waals surface area contributed by atoms with Crippen LogP contribution < -0.4 is 4.72 Å². The van der Waals surface area contributed by atoms with Gasteiger partial charge in [-0.2, -0.15) is 0 Å². The first kappa shape index (κ1) is 16.2. The molecule has 3 rings (SSSR count). The number of hydrogen-bond acceptors (Lipinski definition) is 3. The van der Waals surface area contributed by atoms with Crippen molar-refractivity contribution in [2.75, 3.05) is 4.72 Å². The number of halogens is 4. The van der Waals surface area contributed by atoms with Crippen LogP contribution in [0.3, 0.4) is 0 Å². The number of benzene rings is 2. The quantitative estimate of drug-likeness (QED) is 0.609. The molecule has 0 radical (unpaired) electrons. The van der Waals surface area contributed by atoms with Gasteiger partial charge in [-0.15, -0.1) is 0 Å². The van der Waals surface area contributed by atoms with Crippen LogP contribution in [0.5, 0.6) is 0 Å².